The fraction of sp³-hybridized carbons (Fsp3) is 0.318. The number of aromatic amines is 1. The minimum atomic E-state index is -0.177. The van der Waals surface area contributed by atoms with Gasteiger partial charge in [-0.3, -0.25) is 14.7 Å². The van der Waals surface area contributed by atoms with Crippen molar-refractivity contribution >= 4 is 0 Å². The Morgan fingerprint density at radius 1 is 1.14 bits per heavy atom. The van der Waals surface area contributed by atoms with E-state index in [9.17, 15) is 9.90 Å². The number of piperidine rings is 1. The molecule has 2 aromatic heterocycles. The van der Waals surface area contributed by atoms with Gasteiger partial charge in [0.05, 0.1) is 5.69 Å². The van der Waals surface area contributed by atoms with Gasteiger partial charge in [0.1, 0.15) is 5.82 Å². The van der Waals surface area contributed by atoms with Gasteiger partial charge in [0.2, 0.25) is 0 Å². The van der Waals surface area contributed by atoms with Crippen LogP contribution in [0, 0.1) is 5.92 Å². The smallest absolute Gasteiger partial charge is 0.251 e. The normalized spacial score (nSPS) is 17.5. The van der Waals surface area contributed by atoms with Crippen molar-refractivity contribution in [3.8, 4) is 22.6 Å². The predicted molar refractivity (Wildman–Crippen MR) is 109 cm³/mol. The molecule has 144 valence electrons. The third-order valence-electron chi connectivity index (χ3n) is 5.19. The van der Waals surface area contributed by atoms with Crippen LogP contribution in [0.1, 0.15) is 18.4 Å². The van der Waals surface area contributed by atoms with E-state index in [4.69, 9.17) is 0 Å². The summed E-state index contributed by atoms with van der Waals surface area (Å²) in [4.78, 5) is 26.1. The number of hydrogen-bond donors (Lipinski definition) is 2. The van der Waals surface area contributed by atoms with Crippen molar-refractivity contribution in [3.63, 3.8) is 0 Å². The van der Waals surface area contributed by atoms with Gasteiger partial charge in [0, 0.05) is 49.3 Å². The summed E-state index contributed by atoms with van der Waals surface area (Å²) in [5.41, 5.74) is 3.38. The van der Waals surface area contributed by atoms with Crippen molar-refractivity contribution in [1.82, 2.24) is 19.9 Å². The number of nitrogens with zero attached hydrogens (tertiary/aromatic N) is 3. The average Bonchev–Trinajstić information content (AvgIpc) is 2.74. The van der Waals surface area contributed by atoms with E-state index in [1.807, 2.05) is 24.3 Å². The maximum atomic E-state index is 12.2. The third-order valence-corrected chi connectivity index (χ3v) is 5.19. The maximum absolute atomic E-state index is 12.2. The summed E-state index contributed by atoms with van der Waals surface area (Å²) < 4.78 is 0. The molecule has 0 aliphatic carbocycles. The predicted octanol–water partition coefficient (Wildman–Crippen LogP) is 2.70. The van der Waals surface area contributed by atoms with Crippen LogP contribution < -0.4 is 5.56 Å². The zero-order valence-corrected chi connectivity index (χ0v) is 15.7. The Kier molecular flexibility index (Phi) is 5.60. The number of benzene rings is 1. The molecule has 0 bridgehead atoms. The van der Waals surface area contributed by atoms with E-state index < -0.39 is 0 Å². The van der Waals surface area contributed by atoms with E-state index in [1.165, 1.54) is 11.6 Å². The number of nitrogens with one attached hydrogen (secondary N) is 1. The molecule has 1 atom stereocenters. The Morgan fingerprint density at radius 2 is 2.00 bits per heavy atom. The van der Waals surface area contributed by atoms with Gasteiger partial charge in [-0.25, -0.2) is 4.98 Å². The van der Waals surface area contributed by atoms with Crippen molar-refractivity contribution in [3.05, 3.63) is 70.8 Å². The highest BCUT2D eigenvalue weighted by atomic mass is 16.3. The topological polar surface area (TPSA) is 82.1 Å². The molecule has 6 nitrogen and oxygen atoms in total. The number of pyridine rings is 1. The second kappa shape index (κ2) is 8.46. The number of aliphatic hydroxyl groups excluding tert-OH is 1. The number of rotatable bonds is 5. The molecule has 3 heterocycles. The van der Waals surface area contributed by atoms with Crippen LogP contribution in [0.2, 0.25) is 0 Å². The number of H-pyrrole nitrogens is 1. The molecule has 1 saturated heterocycles. The van der Waals surface area contributed by atoms with Crippen molar-refractivity contribution in [2.45, 2.75) is 19.4 Å². The van der Waals surface area contributed by atoms with Gasteiger partial charge in [-0.05, 0) is 49.1 Å². The molecule has 1 aliphatic rings. The van der Waals surface area contributed by atoms with E-state index >= 15 is 0 Å². The van der Waals surface area contributed by atoms with Crippen molar-refractivity contribution < 1.29 is 5.11 Å². The molecule has 0 radical (unpaired) electrons. The fourth-order valence-corrected chi connectivity index (χ4v) is 3.78. The Hall–Kier alpha value is -2.83. The van der Waals surface area contributed by atoms with Crippen LogP contribution >= 0.6 is 0 Å². The van der Waals surface area contributed by atoms with Gasteiger partial charge in [-0.1, -0.05) is 18.2 Å². The highest BCUT2D eigenvalue weighted by molar-refractivity contribution is 5.63. The van der Waals surface area contributed by atoms with E-state index in [1.54, 1.807) is 12.4 Å². The van der Waals surface area contributed by atoms with Gasteiger partial charge in [-0.15, -0.1) is 0 Å². The van der Waals surface area contributed by atoms with Gasteiger partial charge in [0.25, 0.3) is 5.56 Å². The lowest BCUT2D eigenvalue weighted by atomic mass is 9.98. The summed E-state index contributed by atoms with van der Waals surface area (Å²) in [5.74, 6) is 0.931. The lowest BCUT2D eigenvalue weighted by Gasteiger charge is -2.31. The molecule has 28 heavy (non-hydrogen) atoms. The quantitative estimate of drug-likeness (QED) is 0.715. The lowest BCUT2D eigenvalue weighted by Crippen LogP contribution is -2.36. The SMILES string of the molecule is O=c1cc(-c2ccncc2)nc(-c2cccc(CN3CCCC(CO)C3)c2)[nH]1. The molecule has 0 spiro atoms. The van der Waals surface area contributed by atoms with Crippen molar-refractivity contribution in [2.75, 3.05) is 19.7 Å². The molecule has 6 heteroatoms. The average molecular weight is 376 g/mol. The van der Waals surface area contributed by atoms with Crippen molar-refractivity contribution in [1.29, 1.82) is 0 Å². The Bertz CT molecular complexity index is 987. The zero-order chi connectivity index (χ0) is 19.3. The minimum absolute atomic E-state index is 0.177. The van der Waals surface area contributed by atoms with Crippen LogP contribution in [0.3, 0.4) is 0 Å². The second-order valence-corrected chi connectivity index (χ2v) is 7.34. The van der Waals surface area contributed by atoms with Gasteiger partial charge in [-0.2, -0.15) is 0 Å². The van der Waals surface area contributed by atoms with Gasteiger partial charge >= 0.3 is 0 Å². The molecular formula is C22H24N4O2. The summed E-state index contributed by atoms with van der Waals surface area (Å²) >= 11 is 0. The molecule has 1 aromatic carbocycles. The lowest BCUT2D eigenvalue weighted by molar-refractivity contribution is 0.116. The Labute approximate surface area is 163 Å². The molecule has 1 unspecified atom stereocenters. The number of aliphatic hydroxyl groups is 1. The summed E-state index contributed by atoms with van der Waals surface area (Å²) in [6, 6.07) is 13.3. The molecular weight excluding hydrogens is 352 g/mol. The van der Waals surface area contributed by atoms with Crippen LogP contribution in [0.15, 0.2) is 59.7 Å². The van der Waals surface area contributed by atoms with E-state index in [2.05, 4.69) is 32.0 Å². The highest BCUT2D eigenvalue weighted by Crippen LogP contribution is 2.22. The molecule has 0 amide bonds. The first-order chi connectivity index (χ1) is 13.7. The van der Waals surface area contributed by atoms with Crippen LogP contribution in [0.4, 0.5) is 0 Å². The zero-order valence-electron chi connectivity index (χ0n) is 15.7. The summed E-state index contributed by atoms with van der Waals surface area (Å²) in [5, 5.41) is 9.44. The molecule has 4 rings (SSSR count). The van der Waals surface area contributed by atoms with Crippen LogP contribution in [0.5, 0.6) is 0 Å². The molecule has 2 N–H and O–H groups in total. The number of aromatic nitrogens is 3. The Morgan fingerprint density at radius 3 is 2.82 bits per heavy atom. The minimum Gasteiger partial charge on any atom is -0.396 e. The van der Waals surface area contributed by atoms with Gasteiger partial charge < -0.3 is 10.1 Å². The number of hydrogen-bond acceptors (Lipinski definition) is 5. The summed E-state index contributed by atoms with van der Waals surface area (Å²) in [6.45, 7) is 3.06. The summed E-state index contributed by atoms with van der Waals surface area (Å²) in [6.07, 6.45) is 5.60. The first-order valence-corrected chi connectivity index (χ1v) is 9.65. The van der Waals surface area contributed by atoms with Crippen molar-refractivity contribution in [2.24, 2.45) is 5.92 Å². The van der Waals surface area contributed by atoms with E-state index in [0.29, 0.717) is 17.4 Å². The number of likely N-dealkylation sites (tertiary alicyclic amines) is 1. The largest absolute Gasteiger partial charge is 0.396 e. The van der Waals surface area contributed by atoms with E-state index in [0.717, 1.165) is 43.6 Å². The molecule has 1 aliphatic heterocycles. The fourth-order valence-electron chi connectivity index (χ4n) is 3.78. The Balaban J connectivity index is 1.59. The van der Waals surface area contributed by atoms with Crippen LogP contribution in [0.25, 0.3) is 22.6 Å². The molecule has 1 fully saturated rings. The monoisotopic (exact) mass is 376 g/mol. The molecule has 0 saturated carbocycles. The van der Waals surface area contributed by atoms with Crippen LogP contribution in [-0.4, -0.2) is 44.7 Å². The highest BCUT2D eigenvalue weighted by Gasteiger charge is 2.19. The third kappa shape index (κ3) is 4.35. The van der Waals surface area contributed by atoms with Gasteiger partial charge in [0.15, 0.2) is 0 Å². The van der Waals surface area contributed by atoms with Crippen LogP contribution in [-0.2, 0) is 6.54 Å². The maximum Gasteiger partial charge on any atom is 0.251 e. The van der Waals surface area contributed by atoms with E-state index in [-0.39, 0.29) is 12.2 Å². The second-order valence-electron chi connectivity index (χ2n) is 7.34. The summed E-state index contributed by atoms with van der Waals surface area (Å²) in [7, 11) is 0. The first kappa shape index (κ1) is 18.5. The molecule has 3 aromatic rings. The first-order valence-electron chi connectivity index (χ1n) is 9.65. The standard InChI is InChI=1S/C22H24N4O2/c27-15-17-4-2-10-26(14-17)13-16-3-1-5-19(11-16)22-24-20(12-21(28)25-22)18-6-8-23-9-7-18/h1,3,5-9,11-12,17,27H,2,4,10,13-15H2,(H,24,25,28).